The highest BCUT2D eigenvalue weighted by molar-refractivity contribution is 9.10. The lowest BCUT2D eigenvalue weighted by Gasteiger charge is -2.35. The minimum atomic E-state index is -0.454. The van der Waals surface area contributed by atoms with Crippen molar-refractivity contribution >= 4 is 27.7 Å². The Morgan fingerprint density at radius 3 is 2.61 bits per heavy atom. The van der Waals surface area contributed by atoms with Gasteiger partial charge < -0.3 is 14.8 Å². The normalized spacial score (nSPS) is 18.1. The van der Waals surface area contributed by atoms with E-state index in [0.29, 0.717) is 24.2 Å². The van der Waals surface area contributed by atoms with E-state index >= 15 is 0 Å². The van der Waals surface area contributed by atoms with Gasteiger partial charge in [-0.15, -0.1) is 0 Å². The zero-order valence-electron chi connectivity index (χ0n) is 19.4. The minimum Gasteiger partial charge on any atom is -0.488 e. The minimum absolute atomic E-state index is 0.0913. The fourth-order valence-corrected chi connectivity index (χ4v) is 5.17. The molecule has 0 amide bonds. The number of esters is 1. The molecule has 0 fully saturated rings. The fraction of sp³-hybridized carbons (Fsp3) is 0.333. The van der Waals surface area contributed by atoms with Crippen LogP contribution in [0, 0.1) is 13.8 Å². The zero-order valence-corrected chi connectivity index (χ0v) is 21.0. The second-order valence-electron chi connectivity index (χ2n) is 8.61. The number of hydrogen-bond acceptors (Lipinski definition) is 5. The summed E-state index contributed by atoms with van der Waals surface area (Å²) in [6.07, 6.45) is 2.11. The average molecular weight is 510 g/mol. The molecule has 2 aromatic rings. The topological polar surface area (TPSA) is 64.6 Å². The standard InChI is InChI=1S/C27H28BrNO4/c1-15-12-16(2)19(13-18(15)14-33-23-11-6-5-8-20(23)28)25-24(27(31)32-4)17(3)29-21-9-7-10-22(30)26(21)25/h5-6,8,11-13,25,29H,7,9-10,14H2,1-4H3/t25-/m0/s1. The van der Waals surface area contributed by atoms with E-state index in [4.69, 9.17) is 9.47 Å². The summed E-state index contributed by atoms with van der Waals surface area (Å²) in [4.78, 5) is 26.0. The average Bonchev–Trinajstić information content (AvgIpc) is 2.78. The molecule has 0 radical (unpaired) electrons. The Morgan fingerprint density at radius 1 is 1.12 bits per heavy atom. The van der Waals surface area contributed by atoms with Crippen LogP contribution in [0.25, 0.3) is 0 Å². The van der Waals surface area contributed by atoms with Crippen molar-refractivity contribution in [2.45, 2.75) is 52.6 Å². The molecule has 0 spiro atoms. The fourth-order valence-electron chi connectivity index (χ4n) is 4.77. The maximum absolute atomic E-state index is 13.1. The van der Waals surface area contributed by atoms with Gasteiger partial charge in [0.2, 0.25) is 0 Å². The number of aryl methyl sites for hydroxylation is 2. The Bertz CT molecular complexity index is 1190. The van der Waals surface area contributed by atoms with Crippen molar-refractivity contribution in [3.05, 3.63) is 85.7 Å². The number of para-hydroxylation sites is 1. The number of carbonyl (C=O) groups excluding carboxylic acids is 2. The predicted octanol–water partition coefficient (Wildman–Crippen LogP) is 5.79. The van der Waals surface area contributed by atoms with Crippen LogP contribution in [0.3, 0.4) is 0 Å². The van der Waals surface area contributed by atoms with Crippen molar-refractivity contribution < 1.29 is 19.1 Å². The molecule has 1 N–H and O–H groups in total. The highest BCUT2D eigenvalue weighted by Gasteiger charge is 2.39. The first-order chi connectivity index (χ1) is 15.8. The number of benzene rings is 2. The third kappa shape index (κ3) is 4.49. The molecule has 0 saturated heterocycles. The molecule has 172 valence electrons. The largest absolute Gasteiger partial charge is 0.488 e. The number of allylic oxidation sites excluding steroid dienone is 3. The monoisotopic (exact) mass is 509 g/mol. The van der Waals surface area contributed by atoms with Crippen LogP contribution in [-0.4, -0.2) is 18.9 Å². The van der Waals surface area contributed by atoms with Gasteiger partial charge in [-0.1, -0.05) is 24.3 Å². The third-order valence-corrected chi connectivity index (χ3v) is 7.09. The predicted molar refractivity (Wildman–Crippen MR) is 131 cm³/mol. The summed E-state index contributed by atoms with van der Waals surface area (Å²) in [6, 6.07) is 11.9. The molecule has 0 aromatic heterocycles. The Morgan fingerprint density at radius 2 is 1.88 bits per heavy atom. The van der Waals surface area contributed by atoms with Gasteiger partial charge in [-0.25, -0.2) is 4.79 Å². The molecule has 1 aliphatic carbocycles. The number of dihydropyridines is 1. The summed E-state index contributed by atoms with van der Waals surface area (Å²) in [7, 11) is 1.38. The van der Waals surface area contributed by atoms with E-state index in [2.05, 4.69) is 40.3 Å². The van der Waals surface area contributed by atoms with Crippen LogP contribution in [0.1, 0.15) is 54.4 Å². The molecule has 0 unspecified atom stereocenters. The number of nitrogens with one attached hydrogen (secondary N) is 1. The molecule has 1 aliphatic heterocycles. The van der Waals surface area contributed by atoms with E-state index < -0.39 is 11.9 Å². The first-order valence-corrected chi connectivity index (χ1v) is 11.9. The van der Waals surface area contributed by atoms with Crippen LogP contribution < -0.4 is 10.1 Å². The number of hydrogen-bond donors (Lipinski definition) is 1. The molecule has 2 aliphatic rings. The van der Waals surface area contributed by atoms with Gasteiger partial charge in [0.15, 0.2) is 5.78 Å². The highest BCUT2D eigenvalue weighted by atomic mass is 79.9. The third-order valence-electron chi connectivity index (χ3n) is 6.44. The maximum atomic E-state index is 13.1. The molecule has 5 nitrogen and oxygen atoms in total. The van der Waals surface area contributed by atoms with Gasteiger partial charge in [0.05, 0.1) is 17.2 Å². The molecule has 6 heteroatoms. The first-order valence-electron chi connectivity index (χ1n) is 11.1. The first kappa shape index (κ1) is 23.3. The Hall–Kier alpha value is -2.86. The SMILES string of the molecule is COC(=O)C1=C(C)NC2=C(C(=O)CCC2)[C@H]1c1cc(COc2ccccc2Br)c(C)cc1C. The molecular weight excluding hydrogens is 482 g/mol. The number of ether oxygens (including phenoxy) is 2. The van der Waals surface area contributed by atoms with Gasteiger partial charge in [-0.3, -0.25) is 4.79 Å². The van der Waals surface area contributed by atoms with E-state index in [1.54, 1.807) is 0 Å². The van der Waals surface area contributed by atoms with Crippen LogP contribution in [0.15, 0.2) is 63.4 Å². The van der Waals surface area contributed by atoms with E-state index in [9.17, 15) is 9.59 Å². The lowest BCUT2D eigenvalue weighted by Crippen LogP contribution is -2.34. The molecule has 1 heterocycles. The molecular formula is C27H28BrNO4. The summed E-state index contributed by atoms with van der Waals surface area (Å²) < 4.78 is 12.1. The molecule has 2 aromatic carbocycles. The second-order valence-corrected chi connectivity index (χ2v) is 9.47. The smallest absolute Gasteiger partial charge is 0.336 e. The Labute approximate surface area is 203 Å². The van der Waals surface area contributed by atoms with Crippen LogP contribution in [-0.2, 0) is 20.9 Å². The van der Waals surface area contributed by atoms with Crippen molar-refractivity contribution in [3.63, 3.8) is 0 Å². The summed E-state index contributed by atoms with van der Waals surface area (Å²) in [5.41, 5.74) is 6.93. The van der Waals surface area contributed by atoms with Crippen LogP contribution >= 0.6 is 15.9 Å². The van der Waals surface area contributed by atoms with Crippen LogP contribution in [0.4, 0.5) is 0 Å². The lowest BCUT2D eigenvalue weighted by molar-refractivity contribution is -0.136. The molecule has 0 bridgehead atoms. The lowest BCUT2D eigenvalue weighted by atomic mass is 9.73. The second kappa shape index (κ2) is 9.56. The molecule has 4 rings (SSSR count). The molecule has 0 saturated carbocycles. The van der Waals surface area contributed by atoms with Crippen molar-refractivity contribution in [1.29, 1.82) is 0 Å². The number of methoxy groups -OCH3 is 1. The Kier molecular flexibility index (Phi) is 6.75. The van der Waals surface area contributed by atoms with Gasteiger partial charge >= 0.3 is 5.97 Å². The number of carbonyl (C=O) groups is 2. The van der Waals surface area contributed by atoms with Gasteiger partial charge in [-0.05, 0) is 83.9 Å². The molecule has 1 atom stereocenters. The Balaban J connectivity index is 1.80. The number of ketones is 1. The highest BCUT2D eigenvalue weighted by Crippen LogP contribution is 2.44. The summed E-state index contributed by atoms with van der Waals surface area (Å²) in [6.45, 7) is 6.34. The zero-order chi connectivity index (χ0) is 23.7. The van der Waals surface area contributed by atoms with Crippen molar-refractivity contribution in [2.24, 2.45) is 0 Å². The van der Waals surface area contributed by atoms with Gasteiger partial charge in [0, 0.05) is 29.3 Å². The molecule has 33 heavy (non-hydrogen) atoms. The van der Waals surface area contributed by atoms with Gasteiger partial charge in [0.25, 0.3) is 0 Å². The van der Waals surface area contributed by atoms with E-state index in [0.717, 1.165) is 56.7 Å². The summed E-state index contributed by atoms with van der Waals surface area (Å²) in [5, 5.41) is 3.32. The van der Waals surface area contributed by atoms with Gasteiger partial charge in [-0.2, -0.15) is 0 Å². The van der Waals surface area contributed by atoms with Crippen LogP contribution in [0.2, 0.25) is 0 Å². The summed E-state index contributed by atoms with van der Waals surface area (Å²) >= 11 is 3.53. The quantitative estimate of drug-likeness (QED) is 0.517. The van der Waals surface area contributed by atoms with Crippen molar-refractivity contribution in [2.75, 3.05) is 7.11 Å². The van der Waals surface area contributed by atoms with E-state index in [-0.39, 0.29) is 5.78 Å². The van der Waals surface area contributed by atoms with Crippen LogP contribution in [0.5, 0.6) is 5.75 Å². The maximum Gasteiger partial charge on any atom is 0.336 e. The summed E-state index contributed by atoms with van der Waals surface area (Å²) in [5.74, 6) is -0.0156. The van der Waals surface area contributed by atoms with E-state index in [1.807, 2.05) is 38.1 Å². The number of Topliss-reactive ketones (excluding diaryl/α,β-unsaturated/α-hetero) is 1. The van der Waals surface area contributed by atoms with Crippen molar-refractivity contribution in [1.82, 2.24) is 5.32 Å². The number of halogens is 1. The number of rotatable bonds is 5. The van der Waals surface area contributed by atoms with E-state index in [1.165, 1.54) is 7.11 Å². The van der Waals surface area contributed by atoms with Gasteiger partial charge in [0.1, 0.15) is 12.4 Å². The van der Waals surface area contributed by atoms with Crippen molar-refractivity contribution in [3.8, 4) is 5.75 Å².